The van der Waals surface area contributed by atoms with Gasteiger partial charge in [-0.1, -0.05) is 18.2 Å². The fraction of sp³-hybridized carbons (Fsp3) is 0.324. The Morgan fingerprint density at radius 2 is 1.65 bits per heavy atom. The highest BCUT2D eigenvalue weighted by Crippen LogP contribution is 2.40. The average molecular weight is 584 g/mol. The lowest BCUT2D eigenvalue weighted by Crippen LogP contribution is -2.32. The molecule has 0 saturated heterocycles. The third-order valence-corrected chi connectivity index (χ3v) is 7.53. The molecule has 224 valence electrons. The minimum absolute atomic E-state index is 0.125. The summed E-state index contributed by atoms with van der Waals surface area (Å²) in [6.45, 7) is 4.74. The van der Waals surface area contributed by atoms with Gasteiger partial charge in [0.15, 0.2) is 11.5 Å². The Labute approximate surface area is 251 Å². The second kappa shape index (κ2) is 13.0. The quantitative estimate of drug-likeness (QED) is 0.177. The molecule has 0 bridgehead atoms. The lowest BCUT2D eigenvalue weighted by Gasteiger charge is -2.25. The zero-order valence-electron chi connectivity index (χ0n) is 25.3. The molecule has 0 atom stereocenters. The van der Waals surface area contributed by atoms with Gasteiger partial charge in [-0.15, -0.1) is 0 Å². The second-order valence-corrected chi connectivity index (χ2v) is 10.6. The molecule has 0 aliphatic heterocycles. The summed E-state index contributed by atoms with van der Waals surface area (Å²) in [5, 5.41) is 4.63. The van der Waals surface area contributed by atoms with E-state index in [1.54, 1.807) is 55.0 Å². The number of carbonyl (C=O) groups excluding carboxylic acids is 2. The topological polar surface area (TPSA) is 92.1 Å². The fourth-order valence-electron chi connectivity index (χ4n) is 5.01. The van der Waals surface area contributed by atoms with Crippen molar-refractivity contribution in [2.45, 2.75) is 45.7 Å². The number of carbonyl (C=O) groups is 2. The van der Waals surface area contributed by atoms with Gasteiger partial charge in [0.1, 0.15) is 17.2 Å². The van der Waals surface area contributed by atoms with Gasteiger partial charge in [-0.25, -0.2) is 4.79 Å². The largest absolute Gasteiger partial charge is 0.497 e. The van der Waals surface area contributed by atoms with E-state index < -0.39 is 0 Å². The number of methoxy groups -OCH3 is 2. The Bertz CT molecular complexity index is 1610. The van der Waals surface area contributed by atoms with Crippen LogP contribution in [0.3, 0.4) is 0 Å². The van der Waals surface area contributed by atoms with Crippen LogP contribution in [-0.4, -0.2) is 47.4 Å². The Morgan fingerprint density at radius 3 is 2.30 bits per heavy atom. The number of hydrogen-bond acceptors (Lipinski definition) is 7. The van der Waals surface area contributed by atoms with Gasteiger partial charge in [0.2, 0.25) is 0 Å². The van der Waals surface area contributed by atoms with Gasteiger partial charge >= 0.3 is 5.97 Å². The first-order valence-corrected chi connectivity index (χ1v) is 14.4. The summed E-state index contributed by atoms with van der Waals surface area (Å²) in [5.74, 6) is 2.24. The zero-order chi connectivity index (χ0) is 30.5. The first-order chi connectivity index (χ1) is 20.8. The van der Waals surface area contributed by atoms with Gasteiger partial charge in [-0.3, -0.25) is 9.48 Å². The molecule has 1 aliphatic rings. The van der Waals surface area contributed by atoms with E-state index in [1.165, 1.54) is 0 Å². The molecule has 0 unspecified atom stereocenters. The number of aryl methyl sites for hydroxylation is 2. The average Bonchev–Trinajstić information content (AvgIpc) is 3.79. The molecule has 0 N–H and O–H groups in total. The summed E-state index contributed by atoms with van der Waals surface area (Å²) in [5.41, 5.74) is 4.77. The van der Waals surface area contributed by atoms with E-state index in [0.717, 1.165) is 41.0 Å². The Balaban J connectivity index is 1.44. The van der Waals surface area contributed by atoms with Crippen LogP contribution >= 0.6 is 0 Å². The summed E-state index contributed by atoms with van der Waals surface area (Å²) in [7, 11) is 5.04. The summed E-state index contributed by atoms with van der Waals surface area (Å²) in [4.78, 5) is 27.9. The van der Waals surface area contributed by atoms with Crippen molar-refractivity contribution < 1.29 is 28.5 Å². The summed E-state index contributed by atoms with van der Waals surface area (Å²) in [6, 6.07) is 20.1. The normalized spacial score (nSPS) is 12.5. The highest BCUT2D eigenvalue weighted by molar-refractivity contribution is 5.93. The maximum Gasteiger partial charge on any atom is 0.338 e. The summed E-state index contributed by atoms with van der Waals surface area (Å²) >= 11 is 0. The SMILES string of the molecule is CCOC(=O)c1ccc(Oc2cccc(CN(Cc3ccc(OC)cc3C)C(=O)c3cc(C4CC4)nn3C)c2OC)cc1. The van der Waals surface area contributed by atoms with Crippen molar-refractivity contribution in [3.05, 3.63) is 100 Å². The summed E-state index contributed by atoms with van der Waals surface area (Å²) in [6.07, 6.45) is 2.21. The van der Waals surface area contributed by atoms with Crippen molar-refractivity contribution in [2.24, 2.45) is 7.05 Å². The van der Waals surface area contributed by atoms with Gasteiger partial charge in [0.25, 0.3) is 5.91 Å². The van der Waals surface area contributed by atoms with Gasteiger partial charge in [-0.05, 0) is 86.3 Å². The van der Waals surface area contributed by atoms with E-state index >= 15 is 0 Å². The number of rotatable bonds is 12. The van der Waals surface area contributed by atoms with E-state index in [0.29, 0.717) is 47.6 Å². The summed E-state index contributed by atoms with van der Waals surface area (Å²) < 4.78 is 24.1. The number of aromatic nitrogens is 2. The molecule has 1 heterocycles. The van der Waals surface area contributed by atoms with E-state index in [1.807, 2.05) is 56.4 Å². The number of esters is 1. The molecule has 1 fully saturated rings. The van der Waals surface area contributed by atoms with Crippen molar-refractivity contribution in [1.82, 2.24) is 14.7 Å². The second-order valence-electron chi connectivity index (χ2n) is 10.6. The van der Waals surface area contributed by atoms with Crippen molar-refractivity contribution in [3.63, 3.8) is 0 Å². The molecule has 9 nitrogen and oxygen atoms in total. The van der Waals surface area contributed by atoms with Crippen molar-refractivity contribution in [2.75, 3.05) is 20.8 Å². The van der Waals surface area contributed by atoms with Crippen LogP contribution in [0.4, 0.5) is 0 Å². The molecule has 0 spiro atoms. The van der Waals surface area contributed by atoms with Crippen LogP contribution in [0.1, 0.15) is 68.9 Å². The molecule has 0 radical (unpaired) electrons. The maximum atomic E-state index is 14.1. The van der Waals surface area contributed by atoms with Gasteiger partial charge in [-0.2, -0.15) is 5.10 Å². The lowest BCUT2D eigenvalue weighted by atomic mass is 10.1. The van der Waals surface area contributed by atoms with Crippen LogP contribution < -0.4 is 14.2 Å². The number of benzene rings is 3. The number of amides is 1. The molecule has 1 aliphatic carbocycles. The van der Waals surface area contributed by atoms with Gasteiger partial charge < -0.3 is 23.8 Å². The minimum atomic E-state index is -0.386. The fourth-order valence-corrected chi connectivity index (χ4v) is 5.01. The van der Waals surface area contributed by atoms with Gasteiger partial charge in [0, 0.05) is 25.1 Å². The third kappa shape index (κ3) is 6.83. The van der Waals surface area contributed by atoms with E-state index in [-0.39, 0.29) is 18.4 Å². The molecule has 1 amide bonds. The predicted octanol–water partition coefficient (Wildman–Crippen LogP) is 6.43. The number of hydrogen-bond donors (Lipinski definition) is 0. The van der Waals surface area contributed by atoms with E-state index in [9.17, 15) is 9.59 Å². The Morgan fingerprint density at radius 1 is 0.930 bits per heavy atom. The molecule has 1 aromatic heterocycles. The van der Waals surface area contributed by atoms with Crippen LogP contribution in [0, 0.1) is 6.92 Å². The zero-order valence-corrected chi connectivity index (χ0v) is 25.3. The highest BCUT2D eigenvalue weighted by Gasteiger charge is 2.30. The van der Waals surface area contributed by atoms with Crippen molar-refractivity contribution >= 4 is 11.9 Å². The smallest absolute Gasteiger partial charge is 0.338 e. The van der Waals surface area contributed by atoms with Crippen molar-refractivity contribution in [3.8, 4) is 23.0 Å². The number of nitrogens with zero attached hydrogens (tertiary/aromatic N) is 3. The highest BCUT2D eigenvalue weighted by atomic mass is 16.5. The molecule has 4 aromatic rings. The molecule has 1 saturated carbocycles. The van der Waals surface area contributed by atoms with Crippen molar-refractivity contribution in [1.29, 1.82) is 0 Å². The van der Waals surface area contributed by atoms with E-state index in [4.69, 9.17) is 18.9 Å². The molecule has 5 rings (SSSR count). The van der Waals surface area contributed by atoms with Gasteiger partial charge in [0.05, 0.1) is 38.6 Å². The molecule has 43 heavy (non-hydrogen) atoms. The predicted molar refractivity (Wildman–Crippen MR) is 162 cm³/mol. The minimum Gasteiger partial charge on any atom is -0.497 e. The number of para-hydroxylation sites is 1. The van der Waals surface area contributed by atoms with Crippen LogP contribution in [0.15, 0.2) is 66.7 Å². The molecule has 3 aromatic carbocycles. The van der Waals surface area contributed by atoms with Crippen LogP contribution in [-0.2, 0) is 24.9 Å². The molecule has 9 heteroatoms. The Kier molecular flexibility index (Phi) is 8.99. The standard InChI is InChI=1S/C34H37N3O6/c1-6-42-34(39)24-12-15-27(16-13-24)43-31-9-7-8-26(32(31)41-5)21-37(20-25-14-17-28(40-4)18-22(25)2)33(38)30-19-29(23-10-11-23)35-36(30)3/h7-9,12-19,23H,6,10-11,20-21H2,1-5H3. The van der Waals surface area contributed by atoms with Crippen LogP contribution in [0.5, 0.6) is 23.0 Å². The molecular weight excluding hydrogens is 546 g/mol. The monoisotopic (exact) mass is 583 g/mol. The Hall–Kier alpha value is -4.79. The number of ether oxygens (including phenoxy) is 4. The van der Waals surface area contributed by atoms with Crippen LogP contribution in [0.25, 0.3) is 0 Å². The maximum absolute atomic E-state index is 14.1. The first kappa shape index (κ1) is 29.7. The van der Waals surface area contributed by atoms with E-state index in [2.05, 4.69) is 5.10 Å². The molecular formula is C34H37N3O6. The third-order valence-electron chi connectivity index (χ3n) is 7.53. The first-order valence-electron chi connectivity index (χ1n) is 14.4. The lowest BCUT2D eigenvalue weighted by molar-refractivity contribution is 0.0526. The van der Waals surface area contributed by atoms with Crippen LogP contribution in [0.2, 0.25) is 0 Å².